The maximum absolute atomic E-state index is 13.5. The van der Waals surface area contributed by atoms with Crippen LogP contribution in [0.2, 0.25) is 0 Å². The molecule has 0 aliphatic carbocycles. The summed E-state index contributed by atoms with van der Waals surface area (Å²) in [6.45, 7) is 3.96. The first kappa shape index (κ1) is 22.3. The van der Waals surface area contributed by atoms with Crippen molar-refractivity contribution in [2.24, 2.45) is 0 Å². The summed E-state index contributed by atoms with van der Waals surface area (Å²) in [5.74, 6) is -1.10. The number of anilines is 2. The van der Waals surface area contributed by atoms with Crippen LogP contribution in [0.3, 0.4) is 0 Å². The zero-order valence-corrected chi connectivity index (χ0v) is 19.0. The Hall–Kier alpha value is -3.51. The van der Waals surface area contributed by atoms with Crippen LogP contribution >= 0.6 is 0 Å². The molecule has 34 heavy (non-hydrogen) atoms. The van der Waals surface area contributed by atoms with Crippen LogP contribution in [-0.4, -0.2) is 48.4 Å². The highest BCUT2D eigenvalue weighted by atomic mass is 19.1. The van der Waals surface area contributed by atoms with E-state index in [2.05, 4.69) is 34.1 Å². The van der Waals surface area contributed by atoms with Crippen LogP contribution in [0.5, 0.6) is 0 Å². The molecule has 2 aliphatic heterocycles. The van der Waals surface area contributed by atoms with Crippen molar-refractivity contribution >= 4 is 23.4 Å². The molecule has 4 nitrogen and oxygen atoms in total. The van der Waals surface area contributed by atoms with Gasteiger partial charge in [-0.15, -0.1) is 0 Å². The van der Waals surface area contributed by atoms with Crippen LogP contribution in [0, 0.1) is 11.6 Å². The maximum atomic E-state index is 13.5. The number of hydrogen-bond donors (Lipinski definition) is 0. The first-order chi connectivity index (χ1) is 16.6. The van der Waals surface area contributed by atoms with Crippen molar-refractivity contribution in [3.63, 3.8) is 0 Å². The van der Waals surface area contributed by atoms with E-state index in [1.165, 1.54) is 17.7 Å². The standard InChI is InChI=1S/C28H27F2N3O/c29-24-17-21(18-25(30)19-24)20-31-12-4-13-32(16-15-31)28(34)23-8-10-26(11-9-23)33-14-3-6-22-5-1-2-7-27(22)33/h1-3,5-11,17-19H,4,12-16,20H2. The molecule has 3 aromatic carbocycles. The quantitative estimate of drug-likeness (QED) is 0.517. The molecule has 0 atom stereocenters. The molecule has 174 valence electrons. The predicted octanol–water partition coefficient (Wildman–Crippen LogP) is 5.48. The van der Waals surface area contributed by atoms with Gasteiger partial charge in [0.2, 0.25) is 0 Å². The average Bonchev–Trinajstić information content (AvgIpc) is 3.08. The Bertz CT molecular complexity index is 1190. The van der Waals surface area contributed by atoms with Gasteiger partial charge in [-0.1, -0.05) is 30.4 Å². The molecule has 0 saturated carbocycles. The van der Waals surface area contributed by atoms with Crippen molar-refractivity contribution in [2.45, 2.75) is 13.0 Å². The van der Waals surface area contributed by atoms with Crippen LogP contribution < -0.4 is 4.90 Å². The third kappa shape index (κ3) is 4.87. The van der Waals surface area contributed by atoms with Crippen molar-refractivity contribution in [2.75, 3.05) is 37.6 Å². The minimum Gasteiger partial charge on any atom is -0.337 e. The Balaban J connectivity index is 1.23. The lowest BCUT2D eigenvalue weighted by atomic mass is 10.1. The Morgan fingerprint density at radius 3 is 2.41 bits per heavy atom. The fraction of sp³-hybridized carbons (Fsp3) is 0.250. The molecule has 2 heterocycles. The Morgan fingerprint density at radius 1 is 0.853 bits per heavy atom. The van der Waals surface area contributed by atoms with Gasteiger partial charge in [-0.05, 0) is 60.0 Å². The van der Waals surface area contributed by atoms with Gasteiger partial charge in [0.25, 0.3) is 5.91 Å². The van der Waals surface area contributed by atoms with Crippen molar-refractivity contribution in [1.82, 2.24) is 9.80 Å². The Kier molecular flexibility index (Phi) is 6.41. The van der Waals surface area contributed by atoms with E-state index in [1.807, 2.05) is 41.3 Å². The number of amides is 1. The lowest BCUT2D eigenvalue weighted by Crippen LogP contribution is -2.35. The maximum Gasteiger partial charge on any atom is 0.253 e. The zero-order valence-electron chi connectivity index (χ0n) is 19.0. The minimum absolute atomic E-state index is 0.0177. The third-order valence-corrected chi connectivity index (χ3v) is 6.44. The van der Waals surface area contributed by atoms with E-state index in [0.29, 0.717) is 37.3 Å². The van der Waals surface area contributed by atoms with Gasteiger partial charge in [-0.3, -0.25) is 9.69 Å². The van der Waals surface area contributed by atoms with Crippen LogP contribution in [0.15, 0.2) is 72.8 Å². The highest BCUT2D eigenvalue weighted by molar-refractivity contribution is 5.94. The molecule has 5 rings (SSSR count). The number of nitrogens with zero attached hydrogens (tertiary/aromatic N) is 3. The molecular weight excluding hydrogens is 432 g/mol. The average molecular weight is 460 g/mol. The number of benzene rings is 3. The van der Waals surface area contributed by atoms with E-state index in [4.69, 9.17) is 0 Å². The van der Waals surface area contributed by atoms with Crippen LogP contribution in [0.4, 0.5) is 20.2 Å². The number of carbonyl (C=O) groups excluding carboxylic acids is 1. The number of halogens is 2. The van der Waals surface area contributed by atoms with E-state index >= 15 is 0 Å². The van der Waals surface area contributed by atoms with Crippen molar-refractivity contribution in [3.8, 4) is 0 Å². The number of fused-ring (bicyclic) bond motifs is 1. The third-order valence-electron chi connectivity index (χ3n) is 6.44. The summed E-state index contributed by atoms with van der Waals surface area (Å²) in [7, 11) is 0. The summed E-state index contributed by atoms with van der Waals surface area (Å²) in [5.41, 5.74) is 4.68. The number of para-hydroxylation sites is 1. The van der Waals surface area contributed by atoms with E-state index in [1.54, 1.807) is 0 Å². The van der Waals surface area contributed by atoms with Gasteiger partial charge in [0.05, 0.1) is 0 Å². The van der Waals surface area contributed by atoms with E-state index in [-0.39, 0.29) is 5.91 Å². The van der Waals surface area contributed by atoms with Gasteiger partial charge < -0.3 is 9.80 Å². The van der Waals surface area contributed by atoms with Crippen LogP contribution in [-0.2, 0) is 6.54 Å². The second-order valence-electron chi connectivity index (χ2n) is 8.82. The summed E-state index contributed by atoms with van der Waals surface area (Å²) in [6.07, 6.45) is 5.10. The topological polar surface area (TPSA) is 26.8 Å². The van der Waals surface area contributed by atoms with E-state index in [0.717, 1.165) is 37.0 Å². The van der Waals surface area contributed by atoms with Crippen LogP contribution in [0.25, 0.3) is 6.08 Å². The molecule has 0 aromatic heterocycles. The molecule has 1 amide bonds. The molecule has 6 heteroatoms. The number of carbonyl (C=O) groups is 1. The SMILES string of the molecule is O=C(c1ccc(N2CC=Cc3ccccc32)cc1)N1CCCN(Cc2cc(F)cc(F)c2)CC1. The molecule has 0 radical (unpaired) electrons. The second kappa shape index (κ2) is 9.77. The molecule has 3 aromatic rings. The highest BCUT2D eigenvalue weighted by Crippen LogP contribution is 2.32. The predicted molar refractivity (Wildman–Crippen MR) is 131 cm³/mol. The second-order valence-corrected chi connectivity index (χ2v) is 8.82. The highest BCUT2D eigenvalue weighted by Gasteiger charge is 2.21. The molecule has 2 aliphatic rings. The zero-order chi connectivity index (χ0) is 23.5. The molecule has 1 fully saturated rings. The first-order valence-corrected chi connectivity index (χ1v) is 11.7. The van der Waals surface area contributed by atoms with Gasteiger partial charge in [-0.2, -0.15) is 0 Å². The lowest BCUT2D eigenvalue weighted by molar-refractivity contribution is 0.0761. The summed E-state index contributed by atoms with van der Waals surface area (Å²) >= 11 is 0. The summed E-state index contributed by atoms with van der Waals surface area (Å²) in [5, 5.41) is 0. The fourth-order valence-electron chi connectivity index (χ4n) is 4.76. The molecule has 0 spiro atoms. The number of hydrogen-bond acceptors (Lipinski definition) is 3. The summed E-state index contributed by atoms with van der Waals surface area (Å²) in [6, 6.07) is 19.7. The molecule has 0 bridgehead atoms. The van der Waals surface area contributed by atoms with Crippen molar-refractivity contribution in [3.05, 3.63) is 101 Å². The lowest BCUT2D eigenvalue weighted by Gasteiger charge is -2.28. The summed E-state index contributed by atoms with van der Waals surface area (Å²) in [4.78, 5) is 19.4. The van der Waals surface area contributed by atoms with Gasteiger partial charge in [-0.25, -0.2) is 8.78 Å². The molecule has 0 unspecified atom stereocenters. The number of rotatable bonds is 4. The Morgan fingerprint density at radius 2 is 1.62 bits per heavy atom. The normalized spacial score (nSPS) is 16.3. The monoisotopic (exact) mass is 459 g/mol. The van der Waals surface area contributed by atoms with Crippen molar-refractivity contribution < 1.29 is 13.6 Å². The van der Waals surface area contributed by atoms with Gasteiger partial charge in [0.15, 0.2) is 0 Å². The fourth-order valence-corrected chi connectivity index (χ4v) is 4.76. The van der Waals surface area contributed by atoms with Crippen molar-refractivity contribution in [1.29, 1.82) is 0 Å². The minimum atomic E-state index is -0.561. The van der Waals surface area contributed by atoms with Gasteiger partial charge in [0.1, 0.15) is 11.6 Å². The van der Waals surface area contributed by atoms with Gasteiger partial charge in [0, 0.05) is 62.3 Å². The largest absolute Gasteiger partial charge is 0.337 e. The Labute approximate surface area is 198 Å². The van der Waals surface area contributed by atoms with E-state index < -0.39 is 11.6 Å². The first-order valence-electron chi connectivity index (χ1n) is 11.7. The molecule has 1 saturated heterocycles. The molecule has 0 N–H and O–H groups in total. The summed E-state index contributed by atoms with van der Waals surface area (Å²) < 4.78 is 27.0. The van der Waals surface area contributed by atoms with Gasteiger partial charge >= 0.3 is 0 Å². The smallest absolute Gasteiger partial charge is 0.253 e. The van der Waals surface area contributed by atoms with E-state index in [9.17, 15) is 13.6 Å². The van der Waals surface area contributed by atoms with Crippen LogP contribution in [0.1, 0.15) is 27.9 Å². The molecular formula is C28H27F2N3O.